The zero-order valence-corrected chi connectivity index (χ0v) is 10.6. The predicted octanol–water partition coefficient (Wildman–Crippen LogP) is 2.94. The third-order valence-corrected chi connectivity index (χ3v) is 2.95. The molecule has 0 saturated carbocycles. The van der Waals surface area contributed by atoms with Gasteiger partial charge in [0.2, 0.25) is 0 Å². The third-order valence-electron chi connectivity index (χ3n) is 2.95. The molecule has 1 aromatic carbocycles. The molecule has 0 aliphatic heterocycles. The van der Waals surface area contributed by atoms with Gasteiger partial charge in [0, 0.05) is 19.8 Å². The van der Waals surface area contributed by atoms with E-state index in [1.54, 1.807) is 7.11 Å². The summed E-state index contributed by atoms with van der Waals surface area (Å²) in [6.07, 6.45) is 3.32. The summed E-state index contributed by atoms with van der Waals surface area (Å²) in [4.78, 5) is 0. The van der Waals surface area contributed by atoms with Gasteiger partial charge in [-0.1, -0.05) is 31.2 Å². The Labute approximate surface area is 99.0 Å². The monoisotopic (exact) mass is 221 g/mol. The maximum Gasteiger partial charge on any atom is 0.0462 e. The minimum Gasteiger partial charge on any atom is -0.385 e. The number of benzene rings is 1. The standard InChI is InChI=1S/C14H23NO/c1-4-12-7-5-8-13(11-12)14(15-2)9-6-10-16-3/h5,7-8,11,14-15H,4,6,9-10H2,1-3H3. The predicted molar refractivity (Wildman–Crippen MR) is 68.7 cm³/mol. The van der Waals surface area contributed by atoms with Crippen molar-refractivity contribution in [1.29, 1.82) is 0 Å². The summed E-state index contributed by atoms with van der Waals surface area (Å²) in [6, 6.07) is 9.28. The van der Waals surface area contributed by atoms with Gasteiger partial charge in [-0.2, -0.15) is 0 Å². The number of ether oxygens (including phenoxy) is 1. The average molecular weight is 221 g/mol. The quantitative estimate of drug-likeness (QED) is 0.715. The summed E-state index contributed by atoms with van der Waals surface area (Å²) in [5, 5.41) is 3.37. The first-order valence-corrected chi connectivity index (χ1v) is 6.06. The van der Waals surface area contributed by atoms with Crippen LogP contribution in [0.5, 0.6) is 0 Å². The van der Waals surface area contributed by atoms with Crippen LogP contribution in [-0.2, 0) is 11.2 Å². The fourth-order valence-electron chi connectivity index (χ4n) is 1.94. The molecule has 0 aliphatic carbocycles. The molecule has 1 unspecified atom stereocenters. The molecular formula is C14H23NO. The molecule has 1 rings (SSSR count). The molecule has 0 heterocycles. The van der Waals surface area contributed by atoms with Gasteiger partial charge in [-0.25, -0.2) is 0 Å². The van der Waals surface area contributed by atoms with Gasteiger partial charge in [0.1, 0.15) is 0 Å². The molecule has 1 atom stereocenters. The molecule has 2 nitrogen and oxygen atoms in total. The first-order valence-electron chi connectivity index (χ1n) is 6.06. The zero-order valence-electron chi connectivity index (χ0n) is 10.6. The van der Waals surface area contributed by atoms with Gasteiger partial charge in [-0.15, -0.1) is 0 Å². The van der Waals surface area contributed by atoms with Gasteiger partial charge in [-0.3, -0.25) is 0 Å². The fraction of sp³-hybridized carbons (Fsp3) is 0.571. The number of hydrogen-bond donors (Lipinski definition) is 1. The van der Waals surface area contributed by atoms with Crippen molar-refractivity contribution in [1.82, 2.24) is 5.32 Å². The molecule has 0 amide bonds. The number of aryl methyl sites for hydroxylation is 1. The summed E-state index contributed by atoms with van der Waals surface area (Å²) in [5.74, 6) is 0. The van der Waals surface area contributed by atoms with E-state index < -0.39 is 0 Å². The van der Waals surface area contributed by atoms with Crippen molar-refractivity contribution < 1.29 is 4.74 Å². The normalized spacial score (nSPS) is 12.7. The smallest absolute Gasteiger partial charge is 0.0462 e. The molecule has 0 saturated heterocycles. The van der Waals surface area contributed by atoms with Crippen molar-refractivity contribution in [2.75, 3.05) is 20.8 Å². The molecular weight excluding hydrogens is 198 g/mol. The molecule has 16 heavy (non-hydrogen) atoms. The van der Waals surface area contributed by atoms with Crippen LogP contribution in [-0.4, -0.2) is 20.8 Å². The number of nitrogens with one attached hydrogen (secondary N) is 1. The van der Waals surface area contributed by atoms with E-state index in [1.807, 2.05) is 7.05 Å². The highest BCUT2D eigenvalue weighted by Crippen LogP contribution is 2.19. The lowest BCUT2D eigenvalue weighted by Gasteiger charge is -2.17. The summed E-state index contributed by atoms with van der Waals surface area (Å²) in [6.45, 7) is 3.03. The van der Waals surface area contributed by atoms with E-state index in [0.717, 1.165) is 25.9 Å². The lowest BCUT2D eigenvalue weighted by molar-refractivity contribution is 0.189. The topological polar surface area (TPSA) is 21.3 Å². The van der Waals surface area contributed by atoms with Crippen molar-refractivity contribution in [3.05, 3.63) is 35.4 Å². The summed E-state index contributed by atoms with van der Waals surface area (Å²) in [7, 11) is 3.78. The summed E-state index contributed by atoms with van der Waals surface area (Å²) >= 11 is 0. The van der Waals surface area contributed by atoms with Crippen LogP contribution in [0.15, 0.2) is 24.3 Å². The van der Waals surface area contributed by atoms with Crippen molar-refractivity contribution in [2.24, 2.45) is 0 Å². The van der Waals surface area contributed by atoms with E-state index in [4.69, 9.17) is 4.74 Å². The van der Waals surface area contributed by atoms with E-state index in [0.29, 0.717) is 6.04 Å². The van der Waals surface area contributed by atoms with Crippen LogP contribution in [0.3, 0.4) is 0 Å². The Bertz CT molecular complexity index is 299. The summed E-state index contributed by atoms with van der Waals surface area (Å²) in [5.41, 5.74) is 2.79. The highest BCUT2D eigenvalue weighted by Gasteiger charge is 2.08. The van der Waals surface area contributed by atoms with E-state index in [-0.39, 0.29) is 0 Å². The second-order valence-corrected chi connectivity index (χ2v) is 4.07. The largest absolute Gasteiger partial charge is 0.385 e. The van der Waals surface area contributed by atoms with Gasteiger partial charge in [-0.05, 0) is 37.4 Å². The van der Waals surface area contributed by atoms with Crippen molar-refractivity contribution in [3.8, 4) is 0 Å². The van der Waals surface area contributed by atoms with Crippen LogP contribution in [0.4, 0.5) is 0 Å². The Morgan fingerprint density at radius 2 is 2.19 bits per heavy atom. The van der Waals surface area contributed by atoms with Crippen molar-refractivity contribution >= 4 is 0 Å². The Balaban J connectivity index is 2.62. The molecule has 90 valence electrons. The Hall–Kier alpha value is -0.860. The lowest BCUT2D eigenvalue weighted by atomic mass is 9.99. The first-order chi connectivity index (χ1) is 7.81. The number of methoxy groups -OCH3 is 1. The number of rotatable bonds is 7. The van der Waals surface area contributed by atoms with Crippen LogP contribution in [0, 0.1) is 0 Å². The fourth-order valence-corrected chi connectivity index (χ4v) is 1.94. The highest BCUT2D eigenvalue weighted by atomic mass is 16.5. The molecule has 0 fully saturated rings. The molecule has 0 spiro atoms. The highest BCUT2D eigenvalue weighted by molar-refractivity contribution is 5.26. The minimum atomic E-state index is 0.446. The number of hydrogen-bond acceptors (Lipinski definition) is 2. The van der Waals surface area contributed by atoms with Gasteiger partial charge >= 0.3 is 0 Å². The first kappa shape index (κ1) is 13.2. The average Bonchev–Trinajstić information content (AvgIpc) is 2.35. The molecule has 0 aliphatic rings. The van der Waals surface area contributed by atoms with E-state index in [1.165, 1.54) is 11.1 Å². The van der Waals surface area contributed by atoms with Crippen LogP contribution in [0.25, 0.3) is 0 Å². The molecule has 0 bridgehead atoms. The summed E-state index contributed by atoms with van der Waals surface area (Å²) < 4.78 is 5.09. The van der Waals surface area contributed by atoms with E-state index in [2.05, 4.69) is 36.5 Å². The van der Waals surface area contributed by atoms with Crippen LogP contribution in [0.1, 0.15) is 36.9 Å². The Morgan fingerprint density at radius 3 is 2.81 bits per heavy atom. The van der Waals surface area contributed by atoms with Crippen molar-refractivity contribution in [3.63, 3.8) is 0 Å². The van der Waals surface area contributed by atoms with Gasteiger partial charge in [0.15, 0.2) is 0 Å². The molecule has 2 heteroatoms. The lowest BCUT2D eigenvalue weighted by Crippen LogP contribution is -2.17. The van der Waals surface area contributed by atoms with E-state index in [9.17, 15) is 0 Å². The molecule has 0 aromatic heterocycles. The van der Waals surface area contributed by atoms with Gasteiger partial charge in [0.25, 0.3) is 0 Å². The van der Waals surface area contributed by atoms with E-state index >= 15 is 0 Å². The maximum atomic E-state index is 5.09. The van der Waals surface area contributed by atoms with Crippen molar-refractivity contribution in [2.45, 2.75) is 32.2 Å². The zero-order chi connectivity index (χ0) is 11.8. The maximum absolute atomic E-state index is 5.09. The second kappa shape index (κ2) is 7.42. The molecule has 0 radical (unpaired) electrons. The van der Waals surface area contributed by atoms with Crippen LogP contribution >= 0.6 is 0 Å². The minimum absolute atomic E-state index is 0.446. The molecule has 1 aromatic rings. The van der Waals surface area contributed by atoms with Crippen LogP contribution in [0.2, 0.25) is 0 Å². The SMILES string of the molecule is CCc1cccc(C(CCCOC)NC)c1. The molecule has 1 N–H and O–H groups in total. The Kier molecular flexibility index (Phi) is 6.12. The van der Waals surface area contributed by atoms with Gasteiger partial charge in [0.05, 0.1) is 0 Å². The third kappa shape index (κ3) is 3.95. The van der Waals surface area contributed by atoms with Crippen LogP contribution < -0.4 is 5.32 Å². The second-order valence-electron chi connectivity index (χ2n) is 4.07. The van der Waals surface area contributed by atoms with Gasteiger partial charge < -0.3 is 10.1 Å². The Morgan fingerprint density at radius 1 is 1.38 bits per heavy atom.